The molecule has 0 saturated carbocycles. The lowest BCUT2D eigenvalue weighted by Gasteiger charge is -2.29. The fraction of sp³-hybridized carbons (Fsp3) is 0.476. The average molecular weight is 350 g/mol. The summed E-state index contributed by atoms with van der Waals surface area (Å²) in [5.74, 6) is -0.0730. The molecule has 0 spiro atoms. The van der Waals surface area contributed by atoms with Crippen LogP contribution in [0.5, 0.6) is 0 Å². The molecule has 3 rings (SSSR count). The molecule has 1 aromatic heterocycles. The third-order valence-electron chi connectivity index (χ3n) is 4.88. The van der Waals surface area contributed by atoms with Gasteiger partial charge in [-0.05, 0) is 42.4 Å². The Morgan fingerprint density at radius 3 is 2.85 bits per heavy atom. The molecule has 0 radical (unpaired) electrons. The predicted molar refractivity (Wildman–Crippen MR) is 102 cm³/mol. The zero-order chi connectivity index (χ0) is 18.7. The van der Waals surface area contributed by atoms with Crippen molar-refractivity contribution >= 4 is 16.8 Å². The van der Waals surface area contributed by atoms with Crippen molar-refractivity contribution in [3.8, 4) is 6.19 Å². The van der Waals surface area contributed by atoms with Gasteiger partial charge in [0.25, 0.3) is 0 Å². The van der Waals surface area contributed by atoms with Gasteiger partial charge in [0.1, 0.15) is 6.04 Å². The fourth-order valence-electron chi connectivity index (χ4n) is 3.72. The van der Waals surface area contributed by atoms with E-state index in [2.05, 4.69) is 37.3 Å². The highest BCUT2D eigenvalue weighted by atomic mass is 16.2. The van der Waals surface area contributed by atoms with E-state index < -0.39 is 0 Å². The summed E-state index contributed by atoms with van der Waals surface area (Å²) in [6, 6.07) is 9.75. The van der Waals surface area contributed by atoms with Gasteiger partial charge in [-0.2, -0.15) is 5.26 Å². The van der Waals surface area contributed by atoms with Crippen LogP contribution in [-0.2, 0) is 11.3 Å². The largest absolute Gasteiger partial charge is 0.350 e. The van der Waals surface area contributed by atoms with Crippen LogP contribution in [0.3, 0.4) is 0 Å². The van der Waals surface area contributed by atoms with E-state index in [4.69, 9.17) is 0 Å². The maximum absolute atomic E-state index is 12.6. The molecule has 1 amide bonds. The van der Waals surface area contributed by atoms with Crippen molar-refractivity contribution in [2.45, 2.75) is 58.7 Å². The molecule has 2 unspecified atom stereocenters. The Bertz CT molecular complexity index is 834. The Hall–Kier alpha value is -2.61. The van der Waals surface area contributed by atoms with Gasteiger partial charge in [0.05, 0.1) is 5.52 Å². The molecule has 2 heterocycles. The number of carbonyl (C=O) groups is 1. The summed E-state index contributed by atoms with van der Waals surface area (Å²) in [5, 5.41) is 13.6. The fourth-order valence-corrected chi connectivity index (χ4v) is 3.72. The number of rotatable bonds is 4. The molecule has 136 valence electrons. The lowest BCUT2D eigenvalue weighted by atomic mass is 9.87. The minimum absolute atomic E-state index is 0.0730. The number of amides is 1. The number of likely N-dealkylation sites (tertiary alicyclic amines) is 1. The summed E-state index contributed by atoms with van der Waals surface area (Å²) in [5.41, 5.74) is 2.05. The van der Waals surface area contributed by atoms with Crippen LogP contribution in [0.15, 0.2) is 36.5 Å². The van der Waals surface area contributed by atoms with Gasteiger partial charge in [-0.15, -0.1) is 0 Å². The van der Waals surface area contributed by atoms with Crippen molar-refractivity contribution in [1.29, 1.82) is 5.26 Å². The van der Waals surface area contributed by atoms with Gasteiger partial charge in [-0.3, -0.25) is 14.7 Å². The smallest absolute Gasteiger partial charge is 0.243 e. The van der Waals surface area contributed by atoms with Crippen LogP contribution in [0, 0.1) is 16.9 Å². The first-order valence-electron chi connectivity index (χ1n) is 9.17. The molecule has 2 aromatic rings. The molecule has 1 aliphatic rings. The van der Waals surface area contributed by atoms with Crippen LogP contribution < -0.4 is 5.32 Å². The molecule has 2 atom stereocenters. The van der Waals surface area contributed by atoms with Crippen LogP contribution in [0.1, 0.15) is 45.6 Å². The van der Waals surface area contributed by atoms with Gasteiger partial charge in [-0.25, -0.2) is 0 Å². The summed E-state index contributed by atoms with van der Waals surface area (Å²) in [4.78, 5) is 18.8. The minimum atomic E-state index is -0.360. The molecule has 1 aromatic carbocycles. The molecular weight excluding hydrogens is 324 g/mol. The Balaban J connectivity index is 1.63. The first-order chi connectivity index (χ1) is 12.4. The number of carbonyl (C=O) groups excluding carboxylic acids is 1. The maximum atomic E-state index is 12.6. The van der Waals surface area contributed by atoms with Crippen molar-refractivity contribution in [3.63, 3.8) is 0 Å². The van der Waals surface area contributed by atoms with E-state index in [-0.39, 0.29) is 23.4 Å². The van der Waals surface area contributed by atoms with Gasteiger partial charge >= 0.3 is 0 Å². The zero-order valence-corrected chi connectivity index (χ0v) is 15.7. The van der Waals surface area contributed by atoms with Crippen LogP contribution in [0.4, 0.5) is 0 Å². The number of nitriles is 1. The third-order valence-corrected chi connectivity index (χ3v) is 4.88. The molecular formula is C21H26N4O. The number of para-hydroxylation sites is 1. The Kier molecular flexibility index (Phi) is 5.13. The molecule has 1 saturated heterocycles. The van der Waals surface area contributed by atoms with Gasteiger partial charge in [-0.1, -0.05) is 39.0 Å². The highest BCUT2D eigenvalue weighted by Crippen LogP contribution is 2.32. The number of hydrogen-bond acceptors (Lipinski definition) is 4. The monoisotopic (exact) mass is 350 g/mol. The van der Waals surface area contributed by atoms with Crippen LogP contribution in [0.2, 0.25) is 0 Å². The van der Waals surface area contributed by atoms with E-state index in [9.17, 15) is 10.1 Å². The number of hydrogen-bond donors (Lipinski definition) is 1. The highest BCUT2D eigenvalue weighted by molar-refractivity contribution is 5.83. The summed E-state index contributed by atoms with van der Waals surface area (Å²) in [7, 11) is 0. The number of pyridine rings is 1. The first kappa shape index (κ1) is 18.2. The van der Waals surface area contributed by atoms with Crippen molar-refractivity contribution in [2.24, 2.45) is 5.41 Å². The van der Waals surface area contributed by atoms with Gasteiger partial charge in [0.2, 0.25) is 5.91 Å². The summed E-state index contributed by atoms with van der Waals surface area (Å²) in [6.45, 7) is 6.93. The van der Waals surface area contributed by atoms with Crippen molar-refractivity contribution in [2.75, 3.05) is 0 Å². The second kappa shape index (κ2) is 7.33. The predicted octanol–water partition coefficient (Wildman–Crippen LogP) is 3.60. The Labute approximate surface area is 155 Å². The molecule has 5 heteroatoms. The molecule has 1 aliphatic heterocycles. The lowest BCUT2D eigenvalue weighted by Crippen LogP contribution is -2.44. The topological polar surface area (TPSA) is 69.0 Å². The third kappa shape index (κ3) is 4.13. The second-order valence-electron chi connectivity index (χ2n) is 8.27. The normalized spacial score (nSPS) is 20.2. The maximum Gasteiger partial charge on any atom is 0.243 e. The molecule has 1 N–H and O–H groups in total. The average Bonchev–Trinajstić information content (AvgIpc) is 3.00. The SMILES string of the molecule is CC(C)(C)CC1CCC(C(=O)NCc2cnc3ccccc3c2)N1C#N. The van der Waals surface area contributed by atoms with E-state index in [1.165, 1.54) is 0 Å². The zero-order valence-electron chi connectivity index (χ0n) is 15.7. The van der Waals surface area contributed by atoms with Crippen LogP contribution >= 0.6 is 0 Å². The van der Waals surface area contributed by atoms with Crippen LogP contribution in [-0.4, -0.2) is 27.9 Å². The van der Waals surface area contributed by atoms with Gasteiger partial charge in [0.15, 0.2) is 6.19 Å². The van der Waals surface area contributed by atoms with E-state index in [0.29, 0.717) is 6.54 Å². The van der Waals surface area contributed by atoms with Gasteiger partial charge < -0.3 is 5.32 Å². The van der Waals surface area contributed by atoms with Crippen molar-refractivity contribution in [3.05, 3.63) is 42.1 Å². The summed E-state index contributed by atoms with van der Waals surface area (Å²) in [6.07, 6.45) is 6.58. The number of fused-ring (bicyclic) bond motifs is 1. The standard InChI is InChI=1S/C21H26N4O/c1-21(2,3)11-17-8-9-19(25(17)14-22)20(26)24-13-15-10-16-6-4-5-7-18(16)23-12-15/h4-7,10,12,17,19H,8-9,11,13H2,1-3H3,(H,24,26). The first-order valence-corrected chi connectivity index (χ1v) is 9.17. The molecule has 0 aliphatic carbocycles. The number of nitrogens with one attached hydrogen (secondary N) is 1. The molecule has 26 heavy (non-hydrogen) atoms. The van der Waals surface area contributed by atoms with E-state index in [1.807, 2.05) is 30.3 Å². The molecule has 1 fully saturated rings. The highest BCUT2D eigenvalue weighted by Gasteiger charge is 2.38. The summed E-state index contributed by atoms with van der Waals surface area (Å²) < 4.78 is 0. The lowest BCUT2D eigenvalue weighted by molar-refractivity contribution is -0.125. The Morgan fingerprint density at radius 2 is 2.12 bits per heavy atom. The van der Waals surface area contributed by atoms with Crippen molar-refractivity contribution < 1.29 is 4.79 Å². The Morgan fingerprint density at radius 1 is 1.35 bits per heavy atom. The summed E-state index contributed by atoms with van der Waals surface area (Å²) >= 11 is 0. The molecule has 5 nitrogen and oxygen atoms in total. The van der Waals surface area contributed by atoms with E-state index in [1.54, 1.807) is 11.1 Å². The van der Waals surface area contributed by atoms with Gasteiger partial charge in [0, 0.05) is 24.2 Å². The number of benzene rings is 1. The molecule has 0 bridgehead atoms. The van der Waals surface area contributed by atoms with Crippen LogP contribution in [0.25, 0.3) is 10.9 Å². The number of nitrogens with zero attached hydrogens (tertiary/aromatic N) is 3. The quantitative estimate of drug-likeness (QED) is 0.856. The van der Waals surface area contributed by atoms with E-state index >= 15 is 0 Å². The number of aromatic nitrogens is 1. The van der Waals surface area contributed by atoms with Crippen molar-refractivity contribution in [1.82, 2.24) is 15.2 Å². The minimum Gasteiger partial charge on any atom is -0.350 e. The van der Waals surface area contributed by atoms with E-state index in [0.717, 1.165) is 35.7 Å². The second-order valence-corrected chi connectivity index (χ2v) is 8.27.